The SMILES string of the molecule is CCC(=O)N1CCN(C(=O)C(C)N2CCc3sccc3C2c2ccccc2)CC1. The number of piperazine rings is 1. The lowest BCUT2D eigenvalue weighted by Crippen LogP contribution is -2.56. The van der Waals surface area contributed by atoms with E-state index in [1.165, 1.54) is 16.0 Å². The molecule has 6 heteroatoms. The Labute approximate surface area is 176 Å². The van der Waals surface area contributed by atoms with Crippen LogP contribution < -0.4 is 0 Å². The molecule has 154 valence electrons. The minimum absolute atomic E-state index is 0.119. The summed E-state index contributed by atoms with van der Waals surface area (Å²) >= 11 is 1.82. The zero-order valence-corrected chi connectivity index (χ0v) is 18.0. The van der Waals surface area contributed by atoms with E-state index in [1.54, 1.807) is 0 Å². The summed E-state index contributed by atoms with van der Waals surface area (Å²) in [6, 6.07) is 12.7. The molecule has 2 atom stereocenters. The average Bonchev–Trinajstić information content (AvgIpc) is 3.26. The first-order chi connectivity index (χ1) is 14.1. The maximum Gasteiger partial charge on any atom is 0.239 e. The Morgan fingerprint density at radius 3 is 2.41 bits per heavy atom. The van der Waals surface area contributed by atoms with Gasteiger partial charge in [-0.2, -0.15) is 0 Å². The summed E-state index contributed by atoms with van der Waals surface area (Å²) in [5, 5.41) is 2.17. The quantitative estimate of drug-likeness (QED) is 0.776. The molecule has 0 saturated carbocycles. The van der Waals surface area contributed by atoms with Gasteiger partial charge in [0.15, 0.2) is 0 Å². The van der Waals surface area contributed by atoms with E-state index in [9.17, 15) is 9.59 Å². The van der Waals surface area contributed by atoms with Crippen molar-refractivity contribution in [1.82, 2.24) is 14.7 Å². The number of hydrogen-bond donors (Lipinski definition) is 0. The molecule has 1 aromatic carbocycles. The molecule has 0 aliphatic carbocycles. The van der Waals surface area contributed by atoms with Crippen molar-refractivity contribution in [3.05, 3.63) is 57.8 Å². The summed E-state index contributed by atoms with van der Waals surface area (Å²) in [7, 11) is 0. The van der Waals surface area contributed by atoms with Gasteiger partial charge in [-0.25, -0.2) is 0 Å². The van der Waals surface area contributed by atoms with Crippen LogP contribution in [0.25, 0.3) is 0 Å². The van der Waals surface area contributed by atoms with Crippen LogP contribution in [-0.4, -0.2) is 65.3 Å². The molecule has 2 aliphatic heterocycles. The third kappa shape index (κ3) is 3.96. The van der Waals surface area contributed by atoms with Crippen molar-refractivity contribution in [2.24, 2.45) is 0 Å². The van der Waals surface area contributed by atoms with Crippen LogP contribution in [0.15, 0.2) is 41.8 Å². The van der Waals surface area contributed by atoms with Gasteiger partial charge in [0.05, 0.1) is 12.1 Å². The highest BCUT2D eigenvalue weighted by atomic mass is 32.1. The molecule has 29 heavy (non-hydrogen) atoms. The largest absolute Gasteiger partial charge is 0.339 e. The molecule has 0 bridgehead atoms. The third-order valence-electron chi connectivity index (χ3n) is 6.22. The number of carbonyl (C=O) groups excluding carboxylic acids is 2. The molecule has 0 N–H and O–H groups in total. The second-order valence-electron chi connectivity index (χ2n) is 7.84. The van der Waals surface area contributed by atoms with Gasteiger partial charge in [-0.15, -0.1) is 11.3 Å². The summed E-state index contributed by atoms with van der Waals surface area (Å²) in [6.45, 7) is 7.35. The number of rotatable bonds is 4. The number of carbonyl (C=O) groups is 2. The van der Waals surface area contributed by atoms with Crippen molar-refractivity contribution < 1.29 is 9.59 Å². The summed E-state index contributed by atoms with van der Waals surface area (Å²) in [5.74, 6) is 0.350. The molecule has 1 saturated heterocycles. The first kappa shape index (κ1) is 20.1. The van der Waals surface area contributed by atoms with Crippen LogP contribution in [0.3, 0.4) is 0 Å². The average molecular weight is 412 g/mol. The number of hydrogen-bond acceptors (Lipinski definition) is 4. The molecule has 2 unspecified atom stereocenters. The van der Waals surface area contributed by atoms with Crippen molar-refractivity contribution >= 4 is 23.2 Å². The highest BCUT2D eigenvalue weighted by Crippen LogP contribution is 2.39. The Morgan fingerprint density at radius 2 is 1.72 bits per heavy atom. The molecule has 3 heterocycles. The number of nitrogens with zero attached hydrogens (tertiary/aromatic N) is 3. The Morgan fingerprint density at radius 1 is 1.03 bits per heavy atom. The predicted molar refractivity (Wildman–Crippen MR) is 116 cm³/mol. The minimum atomic E-state index is -0.193. The van der Waals surface area contributed by atoms with Crippen LogP contribution in [0.4, 0.5) is 0 Å². The first-order valence-electron chi connectivity index (χ1n) is 10.5. The van der Waals surface area contributed by atoms with E-state index in [0.29, 0.717) is 32.6 Å². The van der Waals surface area contributed by atoms with Gasteiger partial charge in [0.1, 0.15) is 0 Å². The highest BCUT2D eigenvalue weighted by Gasteiger charge is 2.37. The summed E-state index contributed by atoms with van der Waals surface area (Å²) < 4.78 is 0. The van der Waals surface area contributed by atoms with Gasteiger partial charge in [-0.1, -0.05) is 37.3 Å². The van der Waals surface area contributed by atoms with E-state index in [-0.39, 0.29) is 23.9 Å². The van der Waals surface area contributed by atoms with Gasteiger partial charge in [0.25, 0.3) is 0 Å². The van der Waals surface area contributed by atoms with Crippen molar-refractivity contribution in [3.8, 4) is 0 Å². The predicted octanol–water partition coefficient (Wildman–Crippen LogP) is 3.16. The zero-order chi connectivity index (χ0) is 20.4. The lowest BCUT2D eigenvalue weighted by Gasteiger charge is -2.42. The second-order valence-corrected chi connectivity index (χ2v) is 8.84. The molecule has 5 nitrogen and oxygen atoms in total. The lowest BCUT2D eigenvalue weighted by molar-refractivity contribution is -0.143. The smallest absolute Gasteiger partial charge is 0.239 e. The minimum Gasteiger partial charge on any atom is -0.339 e. The van der Waals surface area contributed by atoms with Gasteiger partial charge >= 0.3 is 0 Å². The Bertz CT molecular complexity index is 858. The van der Waals surface area contributed by atoms with Gasteiger partial charge in [0.2, 0.25) is 11.8 Å². The van der Waals surface area contributed by atoms with Gasteiger partial charge < -0.3 is 9.80 Å². The monoisotopic (exact) mass is 411 g/mol. The topological polar surface area (TPSA) is 43.9 Å². The lowest BCUT2D eigenvalue weighted by atomic mass is 9.92. The van der Waals surface area contributed by atoms with Crippen molar-refractivity contribution in [2.45, 2.75) is 38.8 Å². The van der Waals surface area contributed by atoms with Crippen molar-refractivity contribution in [2.75, 3.05) is 32.7 Å². The Hall–Kier alpha value is -2.18. The van der Waals surface area contributed by atoms with Crippen LogP contribution in [0.1, 0.15) is 42.3 Å². The number of thiophene rings is 1. The Kier molecular flexibility index (Phi) is 6.01. The van der Waals surface area contributed by atoms with Crippen LogP contribution in [-0.2, 0) is 16.0 Å². The molecule has 0 radical (unpaired) electrons. The molecule has 4 rings (SSSR count). The van der Waals surface area contributed by atoms with Crippen LogP contribution >= 0.6 is 11.3 Å². The van der Waals surface area contributed by atoms with Crippen LogP contribution in [0, 0.1) is 0 Å². The molecule has 0 spiro atoms. The molecular formula is C23H29N3O2S. The van der Waals surface area contributed by atoms with E-state index in [1.807, 2.05) is 41.1 Å². The van der Waals surface area contributed by atoms with Crippen LogP contribution in [0.5, 0.6) is 0 Å². The first-order valence-corrected chi connectivity index (χ1v) is 11.4. The molecule has 2 aliphatic rings. The summed E-state index contributed by atoms with van der Waals surface area (Å²) in [6.07, 6.45) is 1.52. The van der Waals surface area contributed by atoms with Gasteiger partial charge in [-0.3, -0.25) is 14.5 Å². The normalized spacial score (nSPS) is 21.0. The standard InChI is InChI=1S/C23H29N3O2S/c1-3-21(27)24-12-14-25(15-13-24)23(28)17(2)26-11-9-20-19(10-16-29-20)22(26)18-7-5-4-6-8-18/h4-8,10,16-17,22H,3,9,11-15H2,1-2H3. The van der Waals surface area contributed by atoms with E-state index in [4.69, 9.17) is 0 Å². The van der Waals surface area contributed by atoms with Crippen molar-refractivity contribution in [3.63, 3.8) is 0 Å². The molecular weight excluding hydrogens is 382 g/mol. The maximum atomic E-state index is 13.4. The fraction of sp³-hybridized carbons (Fsp3) is 0.478. The fourth-order valence-corrected chi connectivity index (χ4v) is 5.47. The maximum absolute atomic E-state index is 13.4. The molecule has 1 aromatic heterocycles. The summed E-state index contributed by atoms with van der Waals surface area (Å²) in [5.41, 5.74) is 2.58. The highest BCUT2D eigenvalue weighted by molar-refractivity contribution is 7.10. The molecule has 2 aromatic rings. The van der Waals surface area contributed by atoms with Crippen LogP contribution in [0.2, 0.25) is 0 Å². The number of fused-ring (bicyclic) bond motifs is 1. The molecule has 1 fully saturated rings. The zero-order valence-electron chi connectivity index (χ0n) is 17.2. The number of amides is 2. The van der Waals surface area contributed by atoms with E-state index >= 15 is 0 Å². The van der Waals surface area contributed by atoms with Gasteiger partial charge in [0, 0.05) is 44.0 Å². The fourth-order valence-electron chi connectivity index (χ4n) is 4.57. The summed E-state index contributed by atoms with van der Waals surface area (Å²) in [4.78, 5) is 32.9. The van der Waals surface area contributed by atoms with E-state index in [0.717, 1.165) is 13.0 Å². The van der Waals surface area contributed by atoms with E-state index < -0.39 is 0 Å². The number of benzene rings is 1. The van der Waals surface area contributed by atoms with E-state index in [2.05, 4.69) is 40.6 Å². The Balaban J connectivity index is 1.52. The molecule has 2 amide bonds. The van der Waals surface area contributed by atoms with Crippen molar-refractivity contribution in [1.29, 1.82) is 0 Å². The van der Waals surface area contributed by atoms with Gasteiger partial charge in [-0.05, 0) is 35.9 Å². The third-order valence-corrected chi connectivity index (χ3v) is 7.22. The second kappa shape index (κ2) is 8.67.